The van der Waals surface area contributed by atoms with Crippen LogP contribution in [0.25, 0.3) is 0 Å². The third kappa shape index (κ3) is 1.76. The molecule has 14 heavy (non-hydrogen) atoms. The summed E-state index contributed by atoms with van der Waals surface area (Å²) in [5.74, 6) is 0.330. The molecule has 76 valence electrons. The zero-order valence-corrected chi connectivity index (χ0v) is 10.6. The quantitative estimate of drug-likeness (QED) is 0.774. The van der Waals surface area contributed by atoms with Crippen molar-refractivity contribution in [3.63, 3.8) is 0 Å². The molecule has 1 aromatic rings. The number of rotatable bonds is 2. The van der Waals surface area contributed by atoms with E-state index in [2.05, 4.69) is 15.9 Å². The highest BCUT2D eigenvalue weighted by Gasteiger charge is 2.18. The molecular formula is C9H7BrCl2O2. The van der Waals surface area contributed by atoms with Gasteiger partial charge in [0.2, 0.25) is 0 Å². The van der Waals surface area contributed by atoms with Crippen LogP contribution >= 0.6 is 39.1 Å². The van der Waals surface area contributed by atoms with Crippen LogP contribution in [0.4, 0.5) is 0 Å². The van der Waals surface area contributed by atoms with Crippen molar-refractivity contribution in [2.75, 3.05) is 7.11 Å². The predicted molar refractivity (Wildman–Crippen MR) is 60.8 cm³/mol. The lowest BCUT2D eigenvalue weighted by Gasteiger charge is -2.12. The van der Waals surface area contributed by atoms with Crippen LogP contribution < -0.4 is 4.74 Å². The van der Waals surface area contributed by atoms with Gasteiger partial charge in [0.15, 0.2) is 12.0 Å². The first kappa shape index (κ1) is 11.8. The molecule has 0 bridgehead atoms. The Hall–Kier alpha value is -0.250. The van der Waals surface area contributed by atoms with Crippen LogP contribution in [-0.4, -0.2) is 13.4 Å². The molecule has 0 fully saturated rings. The smallest absolute Gasteiger partial charge is 0.157 e. The highest BCUT2D eigenvalue weighted by atomic mass is 79.9. The second kappa shape index (κ2) is 4.51. The summed E-state index contributed by atoms with van der Waals surface area (Å²) in [7, 11) is 1.45. The Morgan fingerprint density at radius 1 is 1.36 bits per heavy atom. The van der Waals surface area contributed by atoms with Gasteiger partial charge in [-0.2, -0.15) is 0 Å². The van der Waals surface area contributed by atoms with E-state index in [0.29, 0.717) is 27.1 Å². The van der Waals surface area contributed by atoms with Gasteiger partial charge in [-0.25, -0.2) is 0 Å². The SMILES string of the molecule is COc1c(Cl)c(C)c(Br)c(C=O)c1Cl. The first-order valence-electron chi connectivity index (χ1n) is 3.70. The molecule has 0 aliphatic heterocycles. The van der Waals surface area contributed by atoms with Crippen molar-refractivity contribution in [3.8, 4) is 5.75 Å². The molecular weight excluding hydrogens is 291 g/mol. The second-order valence-electron chi connectivity index (χ2n) is 2.63. The summed E-state index contributed by atoms with van der Waals surface area (Å²) in [4.78, 5) is 10.8. The molecule has 5 heteroatoms. The number of aldehydes is 1. The van der Waals surface area contributed by atoms with Crippen LogP contribution in [0.15, 0.2) is 4.47 Å². The summed E-state index contributed by atoms with van der Waals surface area (Å²) >= 11 is 15.1. The molecule has 0 spiro atoms. The Morgan fingerprint density at radius 3 is 2.36 bits per heavy atom. The zero-order valence-electron chi connectivity index (χ0n) is 7.53. The Labute approximate surface area is 100 Å². The topological polar surface area (TPSA) is 26.3 Å². The lowest BCUT2D eigenvalue weighted by molar-refractivity contribution is 0.112. The third-order valence-corrected chi connectivity index (χ3v) is 3.70. The first-order valence-corrected chi connectivity index (χ1v) is 5.25. The van der Waals surface area contributed by atoms with Gasteiger partial charge < -0.3 is 4.74 Å². The van der Waals surface area contributed by atoms with E-state index in [1.54, 1.807) is 6.92 Å². The van der Waals surface area contributed by atoms with E-state index < -0.39 is 0 Å². The van der Waals surface area contributed by atoms with Gasteiger partial charge in [0.1, 0.15) is 0 Å². The summed E-state index contributed by atoms with van der Waals surface area (Å²) in [6, 6.07) is 0. The average molecular weight is 298 g/mol. The van der Waals surface area contributed by atoms with Gasteiger partial charge in [0.05, 0.1) is 22.7 Å². The van der Waals surface area contributed by atoms with Crippen molar-refractivity contribution in [2.45, 2.75) is 6.92 Å². The van der Waals surface area contributed by atoms with Crippen LogP contribution in [0.5, 0.6) is 5.75 Å². The highest BCUT2D eigenvalue weighted by Crippen LogP contribution is 2.42. The fourth-order valence-electron chi connectivity index (χ4n) is 1.07. The van der Waals surface area contributed by atoms with Crippen molar-refractivity contribution in [1.82, 2.24) is 0 Å². The summed E-state index contributed by atoms with van der Waals surface area (Å²) in [6.45, 7) is 1.78. The van der Waals surface area contributed by atoms with E-state index in [-0.39, 0.29) is 5.02 Å². The standard InChI is InChI=1S/C9H7BrCl2O2/c1-4-6(10)5(3-13)8(12)9(14-2)7(4)11/h3H,1-2H3. The fraction of sp³-hybridized carbons (Fsp3) is 0.222. The van der Waals surface area contributed by atoms with Crippen molar-refractivity contribution >= 4 is 45.4 Å². The molecule has 2 nitrogen and oxygen atoms in total. The largest absolute Gasteiger partial charge is 0.494 e. The molecule has 0 radical (unpaired) electrons. The third-order valence-electron chi connectivity index (χ3n) is 1.85. The zero-order chi connectivity index (χ0) is 10.9. The van der Waals surface area contributed by atoms with Gasteiger partial charge in [0, 0.05) is 4.47 Å². The maximum absolute atomic E-state index is 10.8. The van der Waals surface area contributed by atoms with Crippen molar-refractivity contribution in [2.24, 2.45) is 0 Å². The van der Waals surface area contributed by atoms with Gasteiger partial charge in [-0.05, 0) is 28.4 Å². The second-order valence-corrected chi connectivity index (χ2v) is 4.18. The predicted octanol–water partition coefficient (Wildman–Crippen LogP) is 3.89. The van der Waals surface area contributed by atoms with Crippen molar-refractivity contribution in [3.05, 3.63) is 25.6 Å². The number of carbonyl (C=O) groups excluding carboxylic acids is 1. The Bertz CT molecular complexity index is 391. The minimum absolute atomic E-state index is 0.227. The lowest BCUT2D eigenvalue weighted by atomic mass is 10.1. The normalized spacial score (nSPS) is 10.1. The molecule has 1 rings (SSSR count). The van der Waals surface area contributed by atoms with E-state index in [9.17, 15) is 4.79 Å². The molecule has 0 unspecified atom stereocenters. The summed E-state index contributed by atoms with van der Waals surface area (Å²) in [6.07, 6.45) is 0.665. The van der Waals surface area contributed by atoms with Gasteiger partial charge in [-0.3, -0.25) is 4.79 Å². The van der Waals surface area contributed by atoms with Gasteiger partial charge >= 0.3 is 0 Å². The van der Waals surface area contributed by atoms with E-state index in [0.717, 1.165) is 5.56 Å². The van der Waals surface area contributed by atoms with Gasteiger partial charge in [0.25, 0.3) is 0 Å². The Morgan fingerprint density at radius 2 is 1.93 bits per heavy atom. The molecule has 0 aliphatic carbocycles. The average Bonchev–Trinajstić information content (AvgIpc) is 2.16. The number of ether oxygens (including phenoxy) is 1. The number of halogens is 3. The Balaban J connectivity index is 3.64. The van der Waals surface area contributed by atoms with Gasteiger partial charge in [-0.15, -0.1) is 0 Å². The maximum atomic E-state index is 10.8. The van der Waals surface area contributed by atoms with E-state index >= 15 is 0 Å². The number of carbonyl (C=O) groups is 1. The van der Waals surface area contributed by atoms with Crippen LogP contribution in [-0.2, 0) is 0 Å². The number of methoxy groups -OCH3 is 1. The summed E-state index contributed by atoms with van der Waals surface area (Å²) < 4.78 is 5.61. The summed E-state index contributed by atoms with van der Waals surface area (Å²) in [5.41, 5.74) is 1.08. The molecule has 0 saturated heterocycles. The molecule has 0 saturated carbocycles. The molecule has 0 aliphatic rings. The molecule has 0 amide bonds. The van der Waals surface area contributed by atoms with E-state index in [1.807, 2.05) is 0 Å². The van der Waals surface area contributed by atoms with Crippen molar-refractivity contribution < 1.29 is 9.53 Å². The lowest BCUT2D eigenvalue weighted by Crippen LogP contribution is -1.95. The Kier molecular flexibility index (Phi) is 3.81. The van der Waals surface area contributed by atoms with Gasteiger partial charge in [-0.1, -0.05) is 23.2 Å². The fourth-order valence-corrected chi connectivity index (χ4v) is 2.41. The first-order chi connectivity index (χ1) is 6.54. The molecule has 0 N–H and O–H groups in total. The van der Waals surface area contributed by atoms with Crippen LogP contribution in [0, 0.1) is 6.92 Å². The van der Waals surface area contributed by atoms with Crippen LogP contribution in [0.1, 0.15) is 15.9 Å². The monoisotopic (exact) mass is 296 g/mol. The maximum Gasteiger partial charge on any atom is 0.157 e. The van der Waals surface area contributed by atoms with E-state index in [4.69, 9.17) is 27.9 Å². The van der Waals surface area contributed by atoms with Crippen LogP contribution in [0.2, 0.25) is 10.0 Å². The van der Waals surface area contributed by atoms with Crippen LogP contribution in [0.3, 0.4) is 0 Å². The highest BCUT2D eigenvalue weighted by molar-refractivity contribution is 9.10. The van der Waals surface area contributed by atoms with Crippen molar-refractivity contribution in [1.29, 1.82) is 0 Å². The molecule has 0 aromatic heterocycles. The molecule has 0 atom stereocenters. The summed E-state index contributed by atoms with van der Waals surface area (Å²) in [5, 5.41) is 0.639. The minimum Gasteiger partial charge on any atom is -0.494 e. The minimum atomic E-state index is 0.227. The number of hydrogen-bond acceptors (Lipinski definition) is 2. The number of benzene rings is 1. The molecule has 0 heterocycles. The number of hydrogen-bond donors (Lipinski definition) is 0. The molecule has 1 aromatic carbocycles. The van der Waals surface area contributed by atoms with E-state index in [1.165, 1.54) is 7.11 Å².